The second-order valence-electron chi connectivity index (χ2n) is 2.98. The Morgan fingerprint density at radius 2 is 1.64 bits per heavy atom. The van der Waals surface area contributed by atoms with E-state index >= 15 is 0 Å². The van der Waals surface area contributed by atoms with E-state index in [1.54, 1.807) is 0 Å². The zero-order valence-electron chi connectivity index (χ0n) is 7.68. The van der Waals surface area contributed by atoms with Gasteiger partial charge >= 0.3 is 85.0 Å². The number of hydrogen-bond donors (Lipinski definition) is 0. The van der Waals surface area contributed by atoms with Gasteiger partial charge in [-0.25, -0.2) is 0 Å². The topological polar surface area (TPSA) is 0 Å². The van der Waals surface area contributed by atoms with Gasteiger partial charge in [-0.3, -0.25) is 0 Å². The monoisotopic (exact) mass is 262 g/mol. The molecule has 0 N–H and O–H groups in total. The van der Waals surface area contributed by atoms with Gasteiger partial charge in [0.05, 0.1) is 0 Å². The minimum absolute atomic E-state index is 1.28. The van der Waals surface area contributed by atoms with Crippen molar-refractivity contribution in [3.05, 3.63) is 10.1 Å². The zero-order chi connectivity index (χ0) is 8.36. The van der Waals surface area contributed by atoms with E-state index in [4.69, 9.17) is 0 Å². The molecule has 0 bridgehead atoms. The summed E-state index contributed by atoms with van der Waals surface area (Å²) in [4.78, 5) is 0. The SMILES string of the molecule is CCCCCCCCC=[CH][SbH2]. The van der Waals surface area contributed by atoms with Crippen LogP contribution in [0.4, 0.5) is 0 Å². The zero-order valence-corrected chi connectivity index (χ0v) is 11.0. The van der Waals surface area contributed by atoms with Crippen molar-refractivity contribution in [2.24, 2.45) is 0 Å². The van der Waals surface area contributed by atoms with Crippen LogP contribution in [0.5, 0.6) is 0 Å². The summed E-state index contributed by atoms with van der Waals surface area (Å²) >= 11 is 1.28. The van der Waals surface area contributed by atoms with Gasteiger partial charge < -0.3 is 0 Å². The van der Waals surface area contributed by atoms with Crippen molar-refractivity contribution in [2.45, 2.75) is 51.9 Å². The van der Waals surface area contributed by atoms with Crippen molar-refractivity contribution in [1.29, 1.82) is 0 Å². The predicted octanol–water partition coefficient (Wildman–Crippen LogP) is 2.88. The van der Waals surface area contributed by atoms with E-state index in [0.717, 1.165) is 0 Å². The normalized spacial score (nSPS) is 11.1. The van der Waals surface area contributed by atoms with Crippen molar-refractivity contribution in [3.8, 4) is 0 Å². The van der Waals surface area contributed by atoms with Crippen LogP contribution >= 0.6 is 0 Å². The first-order valence-corrected chi connectivity index (χ1v) is 6.68. The third-order valence-corrected chi connectivity index (χ3v) is 2.64. The van der Waals surface area contributed by atoms with Gasteiger partial charge in [-0.2, -0.15) is 0 Å². The molecule has 0 aromatic rings. The molecule has 0 aromatic carbocycles. The van der Waals surface area contributed by atoms with Crippen molar-refractivity contribution in [2.75, 3.05) is 0 Å². The Labute approximate surface area is 84.9 Å². The van der Waals surface area contributed by atoms with Gasteiger partial charge in [-0.05, 0) is 0 Å². The van der Waals surface area contributed by atoms with Gasteiger partial charge in [0.25, 0.3) is 0 Å². The summed E-state index contributed by atoms with van der Waals surface area (Å²) in [5, 5.41) is 0. The van der Waals surface area contributed by atoms with Gasteiger partial charge in [-0.15, -0.1) is 0 Å². The Bertz CT molecular complexity index is 86.9. The van der Waals surface area contributed by atoms with E-state index in [1.807, 2.05) is 0 Å². The first-order valence-electron chi connectivity index (χ1n) is 4.78. The van der Waals surface area contributed by atoms with Crippen LogP contribution in [0, 0.1) is 0 Å². The van der Waals surface area contributed by atoms with Crippen molar-refractivity contribution in [3.63, 3.8) is 0 Å². The summed E-state index contributed by atoms with van der Waals surface area (Å²) in [5.74, 6) is 0. The van der Waals surface area contributed by atoms with E-state index in [9.17, 15) is 0 Å². The minimum atomic E-state index is 1.28. The van der Waals surface area contributed by atoms with E-state index in [-0.39, 0.29) is 0 Å². The molecule has 0 radical (unpaired) electrons. The predicted molar refractivity (Wildman–Crippen MR) is 55.7 cm³/mol. The van der Waals surface area contributed by atoms with Gasteiger partial charge in [0.15, 0.2) is 0 Å². The summed E-state index contributed by atoms with van der Waals surface area (Å²) in [6, 6.07) is 0. The third-order valence-electron chi connectivity index (χ3n) is 1.86. The molecule has 0 saturated carbocycles. The molecule has 0 heterocycles. The summed E-state index contributed by atoms with van der Waals surface area (Å²) in [5.41, 5.74) is 0. The number of rotatable bonds is 7. The number of allylic oxidation sites excluding steroid dienone is 1. The van der Waals surface area contributed by atoms with Crippen LogP contribution in [-0.2, 0) is 0 Å². The maximum atomic E-state index is 2.32. The molecule has 0 saturated heterocycles. The molecule has 1 heteroatoms. The third kappa shape index (κ3) is 10.6. The Morgan fingerprint density at radius 1 is 1.00 bits per heavy atom. The fourth-order valence-corrected chi connectivity index (χ4v) is 1.69. The fourth-order valence-electron chi connectivity index (χ4n) is 1.14. The molecule has 0 atom stereocenters. The first-order chi connectivity index (χ1) is 5.41. The second-order valence-corrected chi connectivity index (χ2v) is 4.08. The van der Waals surface area contributed by atoms with E-state index in [0.29, 0.717) is 0 Å². The Morgan fingerprint density at radius 3 is 2.27 bits per heavy atom. The van der Waals surface area contributed by atoms with Crippen LogP contribution < -0.4 is 0 Å². The average molecular weight is 263 g/mol. The van der Waals surface area contributed by atoms with E-state index in [2.05, 4.69) is 17.0 Å². The fraction of sp³-hybridized carbons (Fsp3) is 0.800. The van der Waals surface area contributed by atoms with Gasteiger partial charge in [0, 0.05) is 0 Å². The molecule has 0 aliphatic carbocycles. The van der Waals surface area contributed by atoms with E-state index in [1.165, 1.54) is 68.0 Å². The summed E-state index contributed by atoms with van der Waals surface area (Å²) in [7, 11) is 0. The van der Waals surface area contributed by atoms with Crippen LogP contribution in [0.15, 0.2) is 10.1 Å². The number of unbranched alkanes of at least 4 members (excludes halogenated alkanes) is 6. The summed E-state index contributed by atoms with van der Waals surface area (Å²) in [6.07, 6.45) is 12.2. The molecule has 0 aromatic heterocycles. The Kier molecular flexibility index (Phi) is 11.1. The first kappa shape index (κ1) is 11.6. The molecular formula is C10H21Sb. The van der Waals surface area contributed by atoms with Crippen LogP contribution in [-0.4, -0.2) is 23.0 Å². The molecule has 0 rings (SSSR count). The van der Waals surface area contributed by atoms with Crippen LogP contribution in [0.25, 0.3) is 0 Å². The second kappa shape index (κ2) is 10.6. The Hall–Kier alpha value is 0.558. The van der Waals surface area contributed by atoms with Gasteiger partial charge in [0.1, 0.15) is 0 Å². The molecule has 0 aliphatic heterocycles. The molecule has 0 aliphatic rings. The summed E-state index contributed by atoms with van der Waals surface area (Å²) in [6.45, 7) is 2.27. The molecule has 0 nitrogen and oxygen atoms in total. The van der Waals surface area contributed by atoms with Crippen LogP contribution in [0.3, 0.4) is 0 Å². The molecular weight excluding hydrogens is 242 g/mol. The molecule has 11 heavy (non-hydrogen) atoms. The molecule has 0 fully saturated rings. The molecule has 0 unspecified atom stereocenters. The van der Waals surface area contributed by atoms with Crippen molar-refractivity contribution in [1.82, 2.24) is 0 Å². The molecule has 66 valence electrons. The number of hydrogen-bond acceptors (Lipinski definition) is 0. The van der Waals surface area contributed by atoms with Crippen LogP contribution in [0.1, 0.15) is 51.9 Å². The van der Waals surface area contributed by atoms with Gasteiger partial charge in [0.2, 0.25) is 0 Å². The van der Waals surface area contributed by atoms with Gasteiger partial charge in [-0.1, -0.05) is 0 Å². The van der Waals surface area contributed by atoms with E-state index < -0.39 is 0 Å². The Balaban J connectivity index is 2.79. The molecule has 0 amide bonds. The van der Waals surface area contributed by atoms with Crippen molar-refractivity contribution < 1.29 is 0 Å². The standard InChI is InChI=1S/C10H19.Sb.2H/c1-3-5-7-9-10-8-6-4-2;;;/h1,3H,4-10H2,2H3;;;. The maximum absolute atomic E-state index is 2.32. The van der Waals surface area contributed by atoms with Crippen molar-refractivity contribution >= 4 is 23.0 Å². The quantitative estimate of drug-likeness (QED) is 0.489. The van der Waals surface area contributed by atoms with Crippen LogP contribution in [0.2, 0.25) is 0 Å². The average Bonchev–Trinajstić information content (AvgIpc) is 2.03. The summed E-state index contributed by atoms with van der Waals surface area (Å²) < 4.78 is 2.27. The molecule has 0 spiro atoms.